The number of thiophene rings is 1. The molecule has 0 aliphatic carbocycles. The van der Waals surface area contributed by atoms with Crippen molar-refractivity contribution in [2.75, 3.05) is 12.3 Å². The van der Waals surface area contributed by atoms with E-state index in [0.29, 0.717) is 0 Å². The number of aromatic nitrogens is 4. The van der Waals surface area contributed by atoms with E-state index in [1.807, 2.05) is 18.4 Å². The van der Waals surface area contributed by atoms with E-state index in [9.17, 15) is 0 Å². The Balaban J connectivity index is 0.00000180. The smallest absolute Gasteiger partial charge is 0.209 e. The van der Waals surface area contributed by atoms with E-state index < -0.39 is 0 Å². The highest BCUT2D eigenvalue weighted by molar-refractivity contribution is 7.99. The zero-order chi connectivity index (χ0) is 12.8. The van der Waals surface area contributed by atoms with Gasteiger partial charge in [0, 0.05) is 29.1 Å². The Morgan fingerprint density at radius 2 is 2.26 bits per heavy atom. The van der Waals surface area contributed by atoms with Crippen LogP contribution in [0.15, 0.2) is 17.3 Å². The molecule has 106 valence electrons. The van der Waals surface area contributed by atoms with Gasteiger partial charge in [-0.3, -0.25) is 0 Å². The third-order valence-electron chi connectivity index (χ3n) is 2.41. The summed E-state index contributed by atoms with van der Waals surface area (Å²) in [6.45, 7) is 4.13. The van der Waals surface area contributed by atoms with Crippen LogP contribution in [0.5, 0.6) is 0 Å². The van der Waals surface area contributed by atoms with Crippen molar-refractivity contribution in [2.45, 2.75) is 25.0 Å². The molecule has 0 unspecified atom stereocenters. The van der Waals surface area contributed by atoms with Gasteiger partial charge in [0.05, 0.1) is 0 Å². The lowest BCUT2D eigenvalue weighted by atomic mass is 10.4. The summed E-state index contributed by atoms with van der Waals surface area (Å²) in [6, 6.07) is 4.35. The SMILES string of the molecule is Cc1ccc(CNCCCSc2nnnn2C)s1.[Cl-]. The Kier molecular flexibility index (Phi) is 7.37. The van der Waals surface area contributed by atoms with E-state index in [4.69, 9.17) is 0 Å². The Bertz CT molecular complexity index is 485. The summed E-state index contributed by atoms with van der Waals surface area (Å²) in [7, 11) is 1.86. The third-order valence-corrected chi connectivity index (χ3v) is 4.50. The van der Waals surface area contributed by atoms with Crippen LogP contribution in [0.25, 0.3) is 0 Å². The van der Waals surface area contributed by atoms with E-state index in [-0.39, 0.29) is 12.4 Å². The largest absolute Gasteiger partial charge is 1.00 e. The maximum absolute atomic E-state index is 3.93. The standard InChI is InChI=1S/C11H17N5S2.ClH/c1-9-4-5-10(18-9)8-12-6-3-7-17-11-13-14-15-16(11)2;/h4-5,12H,3,6-8H2,1-2H3;1H/p-1. The zero-order valence-electron chi connectivity index (χ0n) is 11.0. The monoisotopic (exact) mass is 318 g/mol. The molecule has 1 N–H and O–H groups in total. The molecular formula is C11H17ClN5S2-. The van der Waals surface area contributed by atoms with Crippen LogP contribution in [0.2, 0.25) is 0 Å². The van der Waals surface area contributed by atoms with Gasteiger partial charge in [0.1, 0.15) is 0 Å². The molecule has 0 amide bonds. The molecule has 0 bridgehead atoms. The molecule has 0 spiro atoms. The first kappa shape index (κ1) is 16.4. The lowest BCUT2D eigenvalue weighted by Crippen LogP contribution is -3.00. The predicted octanol–water partition coefficient (Wildman–Crippen LogP) is -1.14. The summed E-state index contributed by atoms with van der Waals surface area (Å²) in [5.41, 5.74) is 0. The Morgan fingerprint density at radius 3 is 2.89 bits per heavy atom. The second-order valence-corrected chi connectivity index (χ2v) is 6.41. The summed E-state index contributed by atoms with van der Waals surface area (Å²) < 4.78 is 1.70. The highest BCUT2D eigenvalue weighted by Crippen LogP contribution is 2.15. The molecule has 0 fully saturated rings. The van der Waals surface area contributed by atoms with Gasteiger partial charge in [-0.2, -0.15) is 0 Å². The Hall–Kier alpha value is -0.630. The molecule has 2 rings (SSSR count). The summed E-state index contributed by atoms with van der Waals surface area (Å²) in [5, 5.41) is 15.7. The molecule has 0 radical (unpaired) electrons. The molecule has 8 heteroatoms. The average molecular weight is 319 g/mol. The maximum Gasteiger partial charge on any atom is 0.209 e. The number of hydrogen-bond donors (Lipinski definition) is 1. The van der Waals surface area contributed by atoms with Crippen LogP contribution in [-0.2, 0) is 13.6 Å². The number of nitrogens with one attached hydrogen (secondary N) is 1. The van der Waals surface area contributed by atoms with Gasteiger partial charge in [-0.15, -0.1) is 16.4 Å². The number of halogens is 1. The first-order chi connectivity index (χ1) is 8.75. The molecule has 2 heterocycles. The Labute approximate surface area is 127 Å². The first-order valence-corrected chi connectivity index (χ1v) is 7.67. The first-order valence-electron chi connectivity index (χ1n) is 5.87. The molecule has 0 saturated carbocycles. The molecule has 0 aliphatic heterocycles. The van der Waals surface area contributed by atoms with Gasteiger partial charge in [-0.1, -0.05) is 11.8 Å². The van der Waals surface area contributed by atoms with Crippen LogP contribution < -0.4 is 17.7 Å². The number of hydrogen-bond acceptors (Lipinski definition) is 6. The number of aryl methyl sites for hydroxylation is 2. The molecular weight excluding hydrogens is 302 g/mol. The van der Waals surface area contributed by atoms with Crippen LogP contribution in [0.1, 0.15) is 16.2 Å². The minimum absolute atomic E-state index is 0. The van der Waals surface area contributed by atoms with Gasteiger partial charge in [0.2, 0.25) is 5.16 Å². The van der Waals surface area contributed by atoms with Crippen molar-refractivity contribution in [3.05, 3.63) is 21.9 Å². The van der Waals surface area contributed by atoms with Gasteiger partial charge < -0.3 is 17.7 Å². The van der Waals surface area contributed by atoms with Crippen molar-refractivity contribution in [3.8, 4) is 0 Å². The van der Waals surface area contributed by atoms with Crippen molar-refractivity contribution < 1.29 is 12.4 Å². The van der Waals surface area contributed by atoms with E-state index >= 15 is 0 Å². The van der Waals surface area contributed by atoms with Gasteiger partial charge in [-0.05, 0) is 42.4 Å². The van der Waals surface area contributed by atoms with Gasteiger partial charge >= 0.3 is 0 Å². The quantitative estimate of drug-likeness (QED) is 0.516. The van der Waals surface area contributed by atoms with Crippen molar-refractivity contribution >= 4 is 23.1 Å². The third kappa shape index (κ3) is 5.48. The fourth-order valence-electron chi connectivity index (χ4n) is 1.50. The number of nitrogens with zero attached hydrogens (tertiary/aromatic N) is 4. The molecule has 2 aromatic heterocycles. The molecule has 5 nitrogen and oxygen atoms in total. The maximum atomic E-state index is 3.93. The highest BCUT2D eigenvalue weighted by atomic mass is 35.5. The van der Waals surface area contributed by atoms with E-state index in [0.717, 1.165) is 30.4 Å². The summed E-state index contributed by atoms with van der Waals surface area (Å²) in [4.78, 5) is 2.77. The average Bonchev–Trinajstić information content (AvgIpc) is 2.93. The van der Waals surface area contributed by atoms with Gasteiger partial charge in [-0.25, -0.2) is 4.68 Å². The molecule has 2 aromatic rings. The second kappa shape index (κ2) is 8.52. The van der Waals surface area contributed by atoms with Crippen LogP contribution in [0.4, 0.5) is 0 Å². The van der Waals surface area contributed by atoms with Crippen molar-refractivity contribution in [1.82, 2.24) is 25.5 Å². The highest BCUT2D eigenvalue weighted by Gasteiger charge is 2.01. The minimum Gasteiger partial charge on any atom is -1.00 e. The van der Waals surface area contributed by atoms with Crippen molar-refractivity contribution in [3.63, 3.8) is 0 Å². The minimum atomic E-state index is 0. The molecule has 0 atom stereocenters. The summed E-state index contributed by atoms with van der Waals surface area (Å²) >= 11 is 3.55. The fraction of sp³-hybridized carbons (Fsp3) is 0.545. The van der Waals surface area contributed by atoms with E-state index in [1.54, 1.807) is 16.4 Å². The Morgan fingerprint density at radius 1 is 1.42 bits per heavy atom. The van der Waals surface area contributed by atoms with Gasteiger partial charge in [0.15, 0.2) is 0 Å². The lowest BCUT2D eigenvalue weighted by molar-refractivity contribution is -0.00000393. The number of tetrazole rings is 1. The van der Waals surface area contributed by atoms with Crippen LogP contribution in [0, 0.1) is 6.92 Å². The summed E-state index contributed by atoms with van der Waals surface area (Å²) in [5.74, 6) is 1.03. The normalized spacial score (nSPS) is 10.4. The van der Waals surface area contributed by atoms with Crippen LogP contribution >= 0.6 is 23.1 Å². The van der Waals surface area contributed by atoms with Crippen LogP contribution in [-0.4, -0.2) is 32.5 Å². The van der Waals surface area contributed by atoms with Crippen molar-refractivity contribution in [2.24, 2.45) is 7.05 Å². The lowest BCUT2D eigenvalue weighted by Gasteiger charge is -2.02. The van der Waals surface area contributed by atoms with E-state index in [2.05, 4.69) is 39.9 Å². The van der Waals surface area contributed by atoms with E-state index in [1.165, 1.54) is 9.75 Å². The topological polar surface area (TPSA) is 55.6 Å². The fourth-order valence-corrected chi connectivity index (χ4v) is 3.14. The van der Waals surface area contributed by atoms with Gasteiger partial charge in [0.25, 0.3) is 0 Å². The number of rotatable bonds is 7. The second-order valence-electron chi connectivity index (χ2n) is 3.98. The predicted molar refractivity (Wildman–Crippen MR) is 74.9 cm³/mol. The molecule has 0 aromatic carbocycles. The molecule has 0 aliphatic rings. The van der Waals surface area contributed by atoms with Crippen molar-refractivity contribution in [1.29, 1.82) is 0 Å². The van der Waals surface area contributed by atoms with Crippen LogP contribution in [0.3, 0.4) is 0 Å². The summed E-state index contributed by atoms with van der Waals surface area (Å²) in [6.07, 6.45) is 1.11. The zero-order valence-corrected chi connectivity index (χ0v) is 13.4. The number of thioether (sulfide) groups is 1. The molecule has 19 heavy (non-hydrogen) atoms. The molecule has 0 saturated heterocycles.